The Hall–Kier alpha value is -0.660. The first-order chi connectivity index (χ1) is 17.0. The van der Waals surface area contributed by atoms with Crippen LogP contribution in [-0.2, 0) is 35.1 Å². The minimum absolute atomic E-state index is 0.125. The van der Waals surface area contributed by atoms with E-state index in [0.29, 0.717) is 12.4 Å². The minimum atomic E-state index is -1.79. The second kappa shape index (κ2) is 15.7. The summed E-state index contributed by atoms with van der Waals surface area (Å²) in [6, 6.07) is 8.78. The zero-order chi connectivity index (χ0) is 26.7. The fraction of sp³-hybridized carbons (Fsp3) is 0.591. The van der Waals surface area contributed by atoms with Gasteiger partial charge in [-0.2, -0.15) is 0 Å². The van der Waals surface area contributed by atoms with Crippen LogP contribution in [0, 0.1) is 0 Å². The fourth-order valence-electron chi connectivity index (χ4n) is 3.32. The van der Waals surface area contributed by atoms with E-state index in [9.17, 15) is 9.59 Å². The van der Waals surface area contributed by atoms with Gasteiger partial charge in [-0.05, 0) is 29.8 Å². The van der Waals surface area contributed by atoms with E-state index in [2.05, 4.69) is 5.32 Å². The summed E-state index contributed by atoms with van der Waals surface area (Å²) in [6.45, 7) is 3.18. The maximum Gasteiger partial charge on any atom is 0.407 e. The second-order valence-electron chi connectivity index (χ2n) is 7.47. The highest BCUT2D eigenvalue weighted by Crippen LogP contribution is 2.33. The molecule has 36 heavy (non-hydrogen) atoms. The molecule has 1 aromatic carbocycles. The van der Waals surface area contributed by atoms with Crippen molar-refractivity contribution < 1.29 is 33.3 Å². The van der Waals surface area contributed by atoms with Crippen molar-refractivity contribution in [1.82, 2.24) is 5.32 Å². The molecular formula is C22H28Cl3NO7S3. The zero-order valence-corrected chi connectivity index (χ0v) is 24.5. The standard InChI is InChI=1S/C22H28Cl3NO7S3/c1-4-36-19-16(26-20(28)30-12-22(23,24)25)18(31-13(2)27)17(33-21(34)35-3)15(32-19)11-29-10-14-8-6-5-7-9-14/h5-9,15-19H,4,10-12H2,1-3H3,(H,26,28)/t15-,16-,17-,18-,19+/m1/s1. The van der Waals surface area contributed by atoms with Crippen molar-refractivity contribution in [3.8, 4) is 0 Å². The first-order valence-electron chi connectivity index (χ1n) is 10.8. The van der Waals surface area contributed by atoms with Crippen LogP contribution in [0.2, 0.25) is 0 Å². The highest BCUT2D eigenvalue weighted by molar-refractivity contribution is 8.22. The van der Waals surface area contributed by atoms with Crippen LogP contribution in [0.25, 0.3) is 0 Å². The molecule has 202 valence electrons. The lowest BCUT2D eigenvalue weighted by Crippen LogP contribution is -2.65. The molecule has 5 atom stereocenters. The van der Waals surface area contributed by atoms with Crippen molar-refractivity contribution >= 4 is 87.0 Å². The van der Waals surface area contributed by atoms with E-state index in [1.54, 1.807) is 6.26 Å². The average Bonchev–Trinajstić information content (AvgIpc) is 2.82. The van der Waals surface area contributed by atoms with E-state index in [4.69, 9.17) is 70.7 Å². The quantitative estimate of drug-likeness (QED) is 0.216. The zero-order valence-electron chi connectivity index (χ0n) is 19.8. The van der Waals surface area contributed by atoms with Gasteiger partial charge >= 0.3 is 12.1 Å². The highest BCUT2D eigenvalue weighted by Gasteiger charge is 2.50. The van der Waals surface area contributed by atoms with Gasteiger partial charge in [-0.25, -0.2) is 4.79 Å². The number of carbonyl (C=O) groups is 2. The van der Waals surface area contributed by atoms with E-state index >= 15 is 0 Å². The molecule has 1 aromatic rings. The lowest BCUT2D eigenvalue weighted by Gasteiger charge is -2.45. The smallest absolute Gasteiger partial charge is 0.407 e. The molecule has 0 radical (unpaired) electrons. The van der Waals surface area contributed by atoms with E-state index in [-0.39, 0.29) is 11.0 Å². The number of ether oxygens (including phenoxy) is 5. The predicted octanol–water partition coefficient (Wildman–Crippen LogP) is 5.11. The first-order valence-corrected chi connectivity index (χ1v) is 14.7. The molecule has 1 amide bonds. The van der Waals surface area contributed by atoms with Gasteiger partial charge in [0.1, 0.15) is 24.2 Å². The largest absolute Gasteiger partial charge is 0.468 e. The number of benzene rings is 1. The maximum atomic E-state index is 12.5. The van der Waals surface area contributed by atoms with Gasteiger partial charge in [0.05, 0.1) is 13.2 Å². The Balaban J connectivity index is 2.28. The molecule has 1 aliphatic rings. The van der Waals surface area contributed by atoms with Crippen LogP contribution in [0.3, 0.4) is 0 Å². The van der Waals surface area contributed by atoms with Gasteiger partial charge in [-0.3, -0.25) is 4.79 Å². The number of rotatable bonds is 10. The normalized spacial score (nSPS) is 24.0. The Labute approximate surface area is 239 Å². The number of thioether (sulfide) groups is 2. The number of halogens is 3. The van der Waals surface area contributed by atoms with Crippen molar-refractivity contribution in [1.29, 1.82) is 0 Å². The molecule has 8 nitrogen and oxygen atoms in total. The first kappa shape index (κ1) is 31.6. The molecule has 1 saturated heterocycles. The maximum absolute atomic E-state index is 12.5. The lowest BCUT2D eigenvalue weighted by molar-refractivity contribution is -0.192. The summed E-state index contributed by atoms with van der Waals surface area (Å²) in [5.74, 6) is 0.0711. The molecule has 1 N–H and O–H groups in total. The van der Waals surface area contributed by atoms with Crippen LogP contribution in [0.1, 0.15) is 19.4 Å². The summed E-state index contributed by atoms with van der Waals surface area (Å²) in [5.41, 5.74) is 0.352. The number of hydrogen-bond acceptors (Lipinski definition) is 10. The molecule has 0 unspecified atom stereocenters. The number of alkyl halides is 3. The van der Waals surface area contributed by atoms with Crippen LogP contribution >= 0.6 is 70.5 Å². The predicted molar refractivity (Wildman–Crippen MR) is 148 cm³/mol. The van der Waals surface area contributed by atoms with Crippen LogP contribution in [0.15, 0.2) is 30.3 Å². The number of alkyl carbamates (subject to hydrolysis) is 1. The number of esters is 1. The second-order valence-corrected chi connectivity index (χ2v) is 12.8. The van der Waals surface area contributed by atoms with Gasteiger partial charge in [0.2, 0.25) is 8.18 Å². The highest BCUT2D eigenvalue weighted by atomic mass is 35.6. The Kier molecular flexibility index (Phi) is 13.7. The molecule has 2 rings (SSSR count). The topological polar surface area (TPSA) is 92.3 Å². The van der Waals surface area contributed by atoms with E-state index in [1.165, 1.54) is 30.4 Å². The SMILES string of the molecule is CCS[C@@H]1O[C@H](COCc2ccccc2)[C@@H](OC(=S)SC)[C@H](OC(C)=O)[C@H]1NC(=O)OCC(Cl)(Cl)Cl. The van der Waals surface area contributed by atoms with Crippen molar-refractivity contribution in [3.63, 3.8) is 0 Å². The average molecular weight is 621 g/mol. The Morgan fingerprint density at radius 1 is 1.17 bits per heavy atom. The van der Waals surface area contributed by atoms with Crippen LogP contribution < -0.4 is 5.32 Å². The van der Waals surface area contributed by atoms with Crippen molar-refractivity contribution in [3.05, 3.63) is 35.9 Å². The molecular weight excluding hydrogens is 593 g/mol. The third kappa shape index (κ3) is 11.0. The number of amides is 1. The Morgan fingerprint density at radius 2 is 1.86 bits per heavy atom. The molecule has 1 fully saturated rings. The molecule has 1 aliphatic heterocycles. The summed E-state index contributed by atoms with van der Waals surface area (Å²) in [6.07, 6.45) is -1.64. The number of hydrogen-bond donors (Lipinski definition) is 1. The van der Waals surface area contributed by atoms with Crippen molar-refractivity contribution in [2.75, 3.05) is 25.2 Å². The van der Waals surface area contributed by atoms with Gasteiger partial charge in [0.25, 0.3) is 0 Å². The van der Waals surface area contributed by atoms with Crippen molar-refractivity contribution in [2.24, 2.45) is 0 Å². The van der Waals surface area contributed by atoms with Crippen LogP contribution in [0.4, 0.5) is 4.79 Å². The molecule has 0 aromatic heterocycles. The minimum Gasteiger partial charge on any atom is -0.468 e. The van der Waals surface area contributed by atoms with Gasteiger partial charge in [0, 0.05) is 6.92 Å². The summed E-state index contributed by atoms with van der Waals surface area (Å²) < 4.78 is 27.3. The Morgan fingerprint density at radius 3 is 2.44 bits per heavy atom. The molecule has 1 heterocycles. The van der Waals surface area contributed by atoms with Crippen molar-refractivity contribution in [2.45, 2.75) is 54.0 Å². The van der Waals surface area contributed by atoms with Gasteiger partial charge in [-0.15, -0.1) is 11.8 Å². The summed E-state index contributed by atoms with van der Waals surface area (Å²) in [4.78, 5) is 24.6. The van der Waals surface area contributed by atoms with E-state index < -0.39 is 52.3 Å². The summed E-state index contributed by atoms with van der Waals surface area (Å²) in [7, 11) is 0. The molecule has 0 saturated carbocycles. The van der Waals surface area contributed by atoms with Crippen LogP contribution in [-0.4, -0.2) is 75.2 Å². The fourth-order valence-corrected chi connectivity index (χ4v) is 4.79. The number of nitrogens with one attached hydrogen (secondary N) is 1. The summed E-state index contributed by atoms with van der Waals surface area (Å²) in [5, 5.41) is 2.67. The lowest BCUT2D eigenvalue weighted by atomic mass is 9.97. The van der Waals surface area contributed by atoms with Gasteiger partial charge < -0.3 is 29.0 Å². The van der Waals surface area contributed by atoms with Gasteiger partial charge in [-0.1, -0.05) is 83.8 Å². The number of thiocarbonyl (C=S) groups is 1. The van der Waals surface area contributed by atoms with E-state index in [1.807, 2.05) is 37.3 Å². The molecule has 0 bridgehead atoms. The summed E-state index contributed by atoms with van der Waals surface area (Å²) >= 11 is 24.9. The third-order valence-corrected chi connectivity index (χ3v) is 7.14. The molecule has 0 spiro atoms. The van der Waals surface area contributed by atoms with Gasteiger partial charge in [0.15, 0.2) is 12.2 Å². The Bertz CT molecular complexity index is 863. The monoisotopic (exact) mass is 619 g/mol. The molecule has 14 heteroatoms. The third-order valence-electron chi connectivity index (χ3n) is 4.72. The molecule has 0 aliphatic carbocycles. The van der Waals surface area contributed by atoms with E-state index in [0.717, 1.165) is 5.56 Å². The van der Waals surface area contributed by atoms with Crippen LogP contribution in [0.5, 0.6) is 0 Å². The number of carbonyl (C=O) groups excluding carboxylic acids is 2.